The molecule has 2 aliphatic rings. The molecule has 5 heteroatoms. The second-order valence-electron chi connectivity index (χ2n) is 9.56. The van der Waals surface area contributed by atoms with Gasteiger partial charge >= 0.3 is 0 Å². The van der Waals surface area contributed by atoms with Crippen LogP contribution in [0.2, 0.25) is 0 Å². The Hall–Kier alpha value is -1.04. The first kappa shape index (κ1) is 23.2. The maximum absolute atomic E-state index is 13.3. The molecule has 3 atom stereocenters. The minimum absolute atomic E-state index is 0.0413. The summed E-state index contributed by atoms with van der Waals surface area (Å²) < 4.78 is 0. The van der Waals surface area contributed by atoms with Gasteiger partial charge in [0.05, 0.1) is 17.6 Å². The third-order valence-corrected chi connectivity index (χ3v) is 6.23. The average Bonchev–Trinajstić information content (AvgIpc) is 3.04. The maximum atomic E-state index is 13.3. The molecule has 2 N–H and O–H groups in total. The van der Waals surface area contributed by atoms with Crippen molar-refractivity contribution in [1.82, 2.24) is 15.5 Å². The molecule has 0 aromatic heterocycles. The number of carbonyl (C=O) groups excluding carboxylic acids is 2. The number of Topliss-reactive ketones (excluding diaryl/α,β-unsaturated/α-hetero) is 2. The molecular weight excluding hydrogens is 350 g/mol. The van der Waals surface area contributed by atoms with Gasteiger partial charge in [0, 0.05) is 31.6 Å². The van der Waals surface area contributed by atoms with E-state index in [9.17, 15) is 9.59 Å². The molecule has 1 fully saturated rings. The van der Waals surface area contributed by atoms with Crippen LogP contribution in [0.5, 0.6) is 0 Å². The highest BCUT2D eigenvalue weighted by atomic mass is 16.1. The highest BCUT2D eigenvalue weighted by Crippen LogP contribution is 2.26. The standard InChI is InChI=1S/C23H41N3O2/c1-18(2)21(28)23-13-15-26(17-23)14-11-9-7-6-8-10-12-22(5,25-19(3)4)20(27)16-24-23/h9,11,18-19,24-25H,6-8,10,12-17H2,1-5H3/t22-,23-/m1/s1. The topological polar surface area (TPSA) is 61.4 Å². The Morgan fingerprint density at radius 2 is 1.89 bits per heavy atom. The van der Waals surface area contributed by atoms with Crippen LogP contribution in [0.25, 0.3) is 0 Å². The second-order valence-corrected chi connectivity index (χ2v) is 9.56. The number of allylic oxidation sites excluding steroid dienone is 1. The summed E-state index contributed by atoms with van der Waals surface area (Å²) in [6, 6.07) is 0.243. The monoisotopic (exact) mass is 391 g/mol. The molecule has 0 aromatic rings. The first-order chi connectivity index (χ1) is 13.2. The molecule has 2 bridgehead atoms. The molecule has 0 radical (unpaired) electrons. The van der Waals surface area contributed by atoms with E-state index in [1.54, 1.807) is 0 Å². The summed E-state index contributed by atoms with van der Waals surface area (Å²) in [6.07, 6.45) is 10.6. The van der Waals surface area contributed by atoms with E-state index in [4.69, 9.17) is 0 Å². The molecule has 0 saturated carbocycles. The SMILES string of the molecule is CC(C)N[C@]1(C)CCCCCC=CCN2CC[C@](C(=O)C(C)C)(C2)NCC1=O. The van der Waals surface area contributed by atoms with E-state index in [1.165, 1.54) is 0 Å². The average molecular weight is 392 g/mol. The van der Waals surface area contributed by atoms with E-state index in [2.05, 4.69) is 41.5 Å². The maximum Gasteiger partial charge on any atom is 0.166 e. The lowest BCUT2D eigenvalue weighted by Gasteiger charge is -2.35. The summed E-state index contributed by atoms with van der Waals surface area (Å²) in [4.78, 5) is 28.7. The van der Waals surface area contributed by atoms with Crippen LogP contribution < -0.4 is 10.6 Å². The van der Waals surface area contributed by atoms with Gasteiger partial charge in [0.1, 0.15) is 0 Å². The molecule has 28 heavy (non-hydrogen) atoms. The lowest BCUT2D eigenvalue weighted by molar-refractivity contribution is -0.129. The minimum Gasteiger partial charge on any atom is -0.303 e. The van der Waals surface area contributed by atoms with E-state index in [1.807, 2.05) is 20.8 Å². The Morgan fingerprint density at radius 3 is 2.57 bits per heavy atom. The van der Waals surface area contributed by atoms with Crippen molar-refractivity contribution in [2.24, 2.45) is 5.92 Å². The zero-order valence-electron chi connectivity index (χ0n) is 18.6. The lowest BCUT2D eigenvalue weighted by Crippen LogP contribution is -2.61. The number of rotatable bonds is 4. The van der Waals surface area contributed by atoms with Crippen LogP contribution in [0.4, 0.5) is 0 Å². The fraction of sp³-hybridized carbons (Fsp3) is 0.826. The van der Waals surface area contributed by atoms with Gasteiger partial charge in [-0.2, -0.15) is 0 Å². The van der Waals surface area contributed by atoms with E-state index in [0.29, 0.717) is 6.54 Å². The number of fused-ring (bicyclic) bond motifs is 2. The van der Waals surface area contributed by atoms with Crippen molar-refractivity contribution in [2.75, 3.05) is 26.2 Å². The lowest BCUT2D eigenvalue weighted by atomic mass is 9.84. The molecule has 2 aliphatic heterocycles. The predicted octanol–water partition coefficient (Wildman–Crippen LogP) is 3.09. The van der Waals surface area contributed by atoms with E-state index in [0.717, 1.165) is 51.6 Å². The number of nitrogens with one attached hydrogen (secondary N) is 2. The van der Waals surface area contributed by atoms with Gasteiger partial charge in [-0.3, -0.25) is 19.8 Å². The Labute approximate surface area is 171 Å². The molecule has 2 heterocycles. The van der Waals surface area contributed by atoms with Gasteiger partial charge in [0.25, 0.3) is 0 Å². The van der Waals surface area contributed by atoms with Gasteiger partial charge in [0.2, 0.25) is 0 Å². The van der Waals surface area contributed by atoms with Crippen LogP contribution in [0.1, 0.15) is 73.1 Å². The molecule has 160 valence electrons. The number of carbonyl (C=O) groups is 2. The Balaban J connectivity index is 2.23. The van der Waals surface area contributed by atoms with Crippen molar-refractivity contribution in [2.45, 2.75) is 90.3 Å². The van der Waals surface area contributed by atoms with Crippen LogP contribution in [-0.4, -0.2) is 59.8 Å². The molecule has 0 spiro atoms. The summed E-state index contributed by atoms with van der Waals surface area (Å²) in [5.74, 6) is 0.360. The fourth-order valence-corrected chi connectivity index (χ4v) is 4.66. The van der Waals surface area contributed by atoms with Crippen LogP contribution in [0.3, 0.4) is 0 Å². The van der Waals surface area contributed by atoms with Crippen molar-refractivity contribution >= 4 is 11.6 Å². The van der Waals surface area contributed by atoms with Crippen LogP contribution in [0, 0.1) is 5.92 Å². The van der Waals surface area contributed by atoms with Gasteiger partial charge in [-0.05, 0) is 46.5 Å². The third-order valence-electron chi connectivity index (χ3n) is 6.23. The smallest absolute Gasteiger partial charge is 0.166 e. The largest absolute Gasteiger partial charge is 0.303 e. The molecule has 5 nitrogen and oxygen atoms in total. The number of ketones is 2. The van der Waals surface area contributed by atoms with Crippen molar-refractivity contribution < 1.29 is 9.59 Å². The summed E-state index contributed by atoms with van der Waals surface area (Å²) in [5.41, 5.74) is -1.14. The second kappa shape index (κ2) is 10.1. The molecule has 1 saturated heterocycles. The van der Waals surface area contributed by atoms with E-state index < -0.39 is 11.1 Å². The van der Waals surface area contributed by atoms with Crippen molar-refractivity contribution in [3.8, 4) is 0 Å². The van der Waals surface area contributed by atoms with Crippen molar-refractivity contribution in [1.29, 1.82) is 0 Å². The van der Waals surface area contributed by atoms with Gasteiger partial charge in [-0.1, -0.05) is 38.8 Å². The molecule has 0 amide bonds. The summed E-state index contributed by atoms with van der Waals surface area (Å²) >= 11 is 0. The van der Waals surface area contributed by atoms with E-state index in [-0.39, 0.29) is 30.1 Å². The zero-order chi connectivity index (χ0) is 20.8. The Bertz CT molecular complexity index is 572. The third kappa shape index (κ3) is 5.98. The molecule has 0 aliphatic carbocycles. The van der Waals surface area contributed by atoms with Gasteiger partial charge in [-0.25, -0.2) is 0 Å². The quantitative estimate of drug-likeness (QED) is 0.721. The molecule has 2 rings (SSSR count). The number of nitrogens with zero attached hydrogens (tertiary/aromatic N) is 1. The van der Waals surface area contributed by atoms with E-state index >= 15 is 0 Å². The van der Waals surface area contributed by atoms with Crippen molar-refractivity contribution in [3.63, 3.8) is 0 Å². The summed E-state index contributed by atoms with van der Waals surface area (Å²) in [6.45, 7) is 12.9. The van der Waals surface area contributed by atoms with Crippen molar-refractivity contribution in [3.05, 3.63) is 12.2 Å². The molecular formula is C23H41N3O2. The molecule has 1 unspecified atom stereocenters. The van der Waals surface area contributed by atoms with Gasteiger partial charge in [0.15, 0.2) is 11.6 Å². The molecule has 0 aromatic carbocycles. The summed E-state index contributed by atoms with van der Waals surface area (Å²) in [5, 5.41) is 6.96. The Kier molecular flexibility index (Phi) is 8.41. The normalized spacial score (nSPS) is 33.1. The van der Waals surface area contributed by atoms with Gasteiger partial charge in [-0.15, -0.1) is 0 Å². The fourth-order valence-electron chi connectivity index (χ4n) is 4.66. The summed E-state index contributed by atoms with van der Waals surface area (Å²) in [7, 11) is 0. The zero-order valence-corrected chi connectivity index (χ0v) is 18.6. The number of hydrogen-bond acceptors (Lipinski definition) is 5. The van der Waals surface area contributed by atoms with Crippen LogP contribution in [0.15, 0.2) is 12.2 Å². The highest BCUT2D eigenvalue weighted by Gasteiger charge is 2.45. The minimum atomic E-state index is -0.601. The number of hydrogen-bond donors (Lipinski definition) is 2. The highest BCUT2D eigenvalue weighted by molar-refractivity contribution is 5.93. The van der Waals surface area contributed by atoms with Gasteiger partial charge < -0.3 is 5.32 Å². The predicted molar refractivity (Wildman–Crippen MR) is 116 cm³/mol. The van der Waals surface area contributed by atoms with Crippen LogP contribution >= 0.6 is 0 Å². The first-order valence-corrected chi connectivity index (χ1v) is 11.2. The first-order valence-electron chi connectivity index (χ1n) is 11.2. The Morgan fingerprint density at radius 1 is 1.14 bits per heavy atom. The van der Waals surface area contributed by atoms with Crippen LogP contribution in [-0.2, 0) is 9.59 Å².